The fraction of sp³-hybridized carbons (Fsp3) is 0.692. The van der Waals surface area contributed by atoms with Crippen molar-refractivity contribution in [2.24, 2.45) is 17.6 Å². The Kier molecular flexibility index (Phi) is 4.66. The summed E-state index contributed by atoms with van der Waals surface area (Å²) in [6.45, 7) is 4.76. The highest BCUT2D eigenvalue weighted by Crippen LogP contribution is 2.30. The quantitative estimate of drug-likeness (QED) is 0.896. The van der Waals surface area contributed by atoms with Gasteiger partial charge in [-0.05, 0) is 48.1 Å². The van der Waals surface area contributed by atoms with Gasteiger partial charge in [-0.1, -0.05) is 13.8 Å². The highest BCUT2D eigenvalue weighted by atomic mass is 32.2. The van der Waals surface area contributed by atoms with Gasteiger partial charge in [0.2, 0.25) is 10.0 Å². The third-order valence-corrected chi connectivity index (χ3v) is 6.64. The molecule has 0 aliphatic heterocycles. The van der Waals surface area contributed by atoms with Gasteiger partial charge in [0.1, 0.15) is 4.21 Å². The van der Waals surface area contributed by atoms with E-state index in [1.165, 1.54) is 17.8 Å². The van der Waals surface area contributed by atoms with Crippen molar-refractivity contribution in [3.8, 4) is 0 Å². The molecular weight excluding hydrogens is 280 g/mol. The molecule has 6 heteroatoms. The SMILES string of the molecule is CC1CC(C)CC(NS(=O)(=O)c2cc(CN)cs2)C1. The Morgan fingerprint density at radius 2 is 1.95 bits per heavy atom. The Morgan fingerprint density at radius 3 is 2.47 bits per heavy atom. The van der Waals surface area contributed by atoms with Crippen molar-refractivity contribution in [3.63, 3.8) is 0 Å². The molecule has 0 spiro atoms. The molecule has 1 aliphatic rings. The smallest absolute Gasteiger partial charge is 0.250 e. The number of hydrogen-bond acceptors (Lipinski definition) is 4. The molecule has 2 rings (SSSR count). The van der Waals surface area contributed by atoms with Crippen LogP contribution in [0.3, 0.4) is 0 Å². The average Bonchev–Trinajstić information content (AvgIpc) is 2.75. The van der Waals surface area contributed by atoms with E-state index >= 15 is 0 Å². The van der Waals surface area contributed by atoms with Crippen molar-refractivity contribution in [2.45, 2.75) is 49.9 Å². The van der Waals surface area contributed by atoms with E-state index in [0.717, 1.165) is 18.4 Å². The van der Waals surface area contributed by atoms with E-state index in [1.807, 2.05) is 0 Å². The Bertz CT molecular complexity index is 515. The molecule has 4 nitrogen and oxygen atoms in total. The predicted molar refractivity (Wildman–Crippen MR) is 78.5 cm³/mol. The standard InChI is InChI=1S/C13H22N2O2S2/c1-9-3-10(2)5-12(4-9)15-19(16,17)13-6-11(7-14)8-18-13/h6,8-10,12,15H,3-5,7,14H2,1-2H3. The molecule has 19 heavy (non-hydrogen) atoms. The van der Waals surface area contributed by atoms with Crippen LogP contribution in [-0.2, 0) is 16.6 Å². The maximum Gasteiger partial charge on any atom is 0.250 e. The largest absolute Gasteiger partial charge is 0.326 e. The Labute approximate surface area is 119 Å². The topological polar surface area (TPSA) is 72.2 Å². The second-order valence-corrected chi connectivity index (χ2v) is 8.57. The van der Waals surface area contributed by atoms with E-state index in [9.17, 15) is 8.42 Å². The van der Waals surface area contributed by atoms with Crippen molar-refractivity contribution in [1.29, 1.82) is 0 Å². The molecule has 1 aliphatic carbocycles. The summed E-state index contributed by atoms with van der Waals surface area (Å²) in [5.74, 6) is 1.17. The fourth-order valence-corrected chi connectivity index (χ4v) is 5.42. The van der Waals surface area contributed by atoms with Gasteiger partial charge in [0, 0.05) is 12.6 Å². The number of thiophene rings is 1. The van der Waals surface area contributed by atoms with Gasteiger partial charge in [-0.15, -0.1) is 11.3 Å². The molecule has 0 amide bonds. The molecule has 1 saturated carbocycles. The van der Waals surface area contributed by atoms with Gasteiger partial charge in [0.15, 0.2) is 0 Å². The van der Waals surface area contributed by atoms with Gasteiger partial charge in [0.05, 0.1) is 0 Å². The highest BCUT2D eigenvalue weighted by molar-refractivity contribution is 7.91. The fourth-order valence-electron chi connectivity index (χ4n) is 2.92. The number of hydrogen-bond donors (Lipinski definition) is 2. The van der Waals surface area contributed by atoms with Crippen LogP contribution < -0.4 is 10.5 Å². The lowest BCUT2D eigenvalue weighted by molar-refractivity contribution is 0.258. The van der Waals surface area contributed by atoms with Crippen LogP contribution in [0, 0.1) is 11.8 Å². The van der Waals surface area contributed by atoms with Crippen molar-refractivity contribution >= 4 is 21.4 Å². The van der Waals surface area contributed by atoms with Crippen LogP contribution >= 0.6 is 11.3 Å². The molecule has 0 radical (unpaired) electrons. The van der Waals surface area contributed by atoms with E-state index in [0.29, 0.717) is 22.6 Å². The predicted octanol–water partition coefficient (Wildman–Crippen LogP) is 2.31. The lowest BCUT2D eigenvalue weighted by Gasteiger charge is -2.31. The molecule has 0 saturated heterocycles. The molecule has 0 bridgehead atoms. The number of nitrogens with two attached hydrogens (primary N) is 1. The Balaban J connectivity index is 2.08. The zero-order valence-electron chi connectivity index (χ0n) is 11.4. The molecular formula is C13H22N2O2S2. The van der Waals surface area contributed by atoms with E-state index < -0.39 is 10.0 Å². The minimum Gasteiger partial charge on any atom is -0.326 e. The zero-order chi connectivity index (χ0) is 14.0. The van der Waals surface area contributed by atoms with E-state index in [4.69, 9.17) is 5.73 Å². The summed E-state index contributed by atoms with van der Waals surface area (Å²) < 4.78 is 27.8. The van der Waals surface area contributed by atoms with Crippen molar-refractivity contribution in [3.05, 3.63) is 17.0 Å². The minimum atomic E-state index is -3.38. The van der Waals surface area contributed by atoms with Gasteiger partial charge >= 0.3 is 0 Å². The van der Waals surface area contributed by atoms with Gasteiger partial charge in [-0.2, -0.15) is 0 Å². The van der Waals surface area contributed by atoms with Gasteiger partial charge in [-0.25, -0.2) is 13.1 Å². The molecule has 2 unspecified atom stereocenters. The van der Waals surface area contributed by atoms with E-state index in [2.05, 4.69) is 18.6 Å². The third kappa shape index (κ3) is 3.78. The van der Waals surface area contributed by atoms with Crippen molar-refractivity contribution in [1.82, 2.24) is 4.72 Å². The summed E-state index contributed by atoms with van der Waals surface area (Å²) in [4.78, 5) is 0. The molecule has 0 aromatic carbocycles. The lowest BCUT2D eigenvalue weighted by atomic mass is 9.81. The monoisotopic (exact) mass is 302 g/mol. The zero-order valence-corrected chi connectivity index (χ0v) is 13.1. The van der Waals surface area contributed by atoms with Crippen LogP contribution in [0.2, 0.25) is 0 Å². The summed E-state index contributed by atoms with van der Waals surface area (Å²) in [6.07, 6.45) is 3.05. The van der Waals surface area contributed by atoms with Gasteiger partial charge in [-0.3, -0.25) is 0 Å². The lowest BCUT2D eigenvalue weighted by Crippen LogP contribution is -2.39. The van der Waals surface area contributed by atoms with Crippen LogP contribution in [0.5, 0.6) is 0 Å². The first-order chi connectivity index (χ1) is 8.90. The summed E-state index contributed by atoms with van der Waals surface area (Å²) >= 11 is 1.24. The number of sulfonamides is 1. The number of rotatable bonds is 4. The minimum absolute atomic E-state index is 0.0622. The first-order valence-electron chi connectivity index (χ1n) is 6.70. The second-order valence-electron chi connectivity index (χ2n) is 5.71. The molecule has 2 atom stereocenters. The number of nitrogens with one attached hydrogen (secondary N) is 1. The van der Waals surface area contributed by atoms with Crippen molar-refractivity contribution in [2.75, 3.05) is 0 Å². The normalized spacial score (nSPS) is 28.5. The molecule has 1 fully saturated rings. The summed E-state index contributed by atoms with van der Waals surface area (Å²) in [6, 6.07) is 1.73. The van der Waals surface area contributed by atoms with Crippen LogP contribution in [-0.4, -0.2) is 14.5 Å². The first-order valence-corrected chi connectivity index (χ1v) is 9.06. The summed E-state index contributed by atoms with van der Waals surface area (Å²) in [5, 5.41) is 1.81. The molecule has 108 valence electrons. The maximum absolute atomic E-state index is 12.3. The Hall–Kier alpha value is -0.430. The van der Waals surface area contributed by atoms with Crippen LogP contribution in [0.25, 0.3) is 0 Å². The van der Waals surface area contributed by atoms with Crippen LogP contribution in [0.4, 0.5) is 0 Å². The molecule has 1 aromatic rings. The van der Waals surface area contributed by atoms with E-state index in [1.54, 1.807) is 11.4 Å². The molecule has 3 N–H and O–H groups in total. The molecule has 1 heterocycles. The second kappa shape index (κ2) is 5.91. The van der Waals surface area contributed by atoms with Gasteiger partial charge in [0.25, 0.3) is 0 Å². The van der Waals surface area contributed by atoms with Crippen LogP contribution in [0.15, 0.2) is 15.7 Å². The summed E-state index contributed by atoms with van der Waals surface area (Å²) in [7, 11) is -3.38. The Morgan fingerprint density at radius 1 is 1.32 bits per heavy atom. The maximum atomic E-state index is 12.3. The van der Waals surface area contributed by atoms with E-state index in [-0.39, 0.29) is 6.04 Å². The highest BCUT2D eigenvalue weighted by Gasteiger charge is 2.28. The molecule has 1 aromatic heterocycles. The summed E-state index contributed by atoms with van der Waals surface area (Å²) in [5.41, 5.74) is 6.39. The third-order valence-electron chi connectivity index (χ3n) is 3.63. The van der Waals surface area contributed by atoms with Crippen LogP contribution in [0.1, 0.15) is 38.7 Å². The van der Waals surface area contributed by atoms with Gasteiger partial charge < -0.3 is 5.73 Å². The van der Waals surface area contributed by atoms with Crippen molar-refractivity contribution < 1.29 is 8.42 Å². The average molecular weight is 302 g/mol. The first kappa shape index (κ1) is 15.0.